The summed E-state index contributed by atoms with van der Waals surface area (Å²) in [6.45, 7) is 2.23. The summed E-state index contributed by atoms with van der Waals surface area (Å²) in [4.78, 5) is 0. The zero-order valence-corrected chi connectivity index (χ0v) is 7.17. The molecule has 0 spiro atoms. The Bertz CT molecular complexity index is 99.8. The van der Waals surface area contributed by atoms with Gasteiger partial charge >= 0.3 is 0 Å². The predicted molar refractivity (Wildman–Crippen MR) is 46.7 cm³/mol. The first-order chi connectivity index (χ1) is 3.79. The van der Waals surface area contributed by atoms with E-state index >= 15 is 0 Å². The molecule has 0 aromatic carbocycles. The van der Waals surface area contributed by atoms with Gasteiger partial charge in [-0.1, -0.05) is 19.1 Å². The largest absolute Gasteiger partial charge is 0.108 e. The molecule has 0 amide bonds. The highest BCUT2D eigenvalue weighted by atomic mass is 32.2. The molecule has 1 aliphatic rings. The molecule has 1 unspecified atom stereocenters. The van der Waals surface area contributed by atoms with E-state index in [1.807, 2.05) is 23.5 Å². The van der Waals surface area contributed by atoms with Gasteiger partial charge in [0, 0.05) is 11.0 Å². The van der Waals surface area contributed by atoms with Crippen LogP contribution in [0.4, 0.5) is 0 Å². The first-order valence-electron chi connectivity index (χ1n) is 2.62. The maximum absolute atomic E-state index is 5.01. The van der Waals surface area contributed by atoms with Gasteiger partial charge in [0.2, 0.25) is 0 Å². The third-order valence-electron chi connectivity index (χ3n) is 1.04. The fourth-order valence-corrected chi connectivity index (χ4v) is 3.67. The maximum Gasteiger partial charge on any atom is 0.104 e. The zero-order chi connectivity index (χ0) is 5.98. The minimum Gasteiger partial charge on any atom is -0.108 e. The second-order valence-electron chi connectivity index (χ2n) is 1.82. The fourth-order valence-electron chi connectivity index (χ4n) is 0.565. The van der Waals surface area contributed by atoms with Crippen LogP contribution in [0.1, 0.15) is 13.3 Å². The molecule has 1 aliphatic heterocycles. The summed E-state index contributed by atoms with van der Waals surface area (Å²) in [5, 5.41) is 0.767. The number of hydrogen-bond donors (Lipinski definition) is 0. The molecule has 1 atom stereocenters. The molecule has 0 aromatic rings. The van der Waals surface area contributed by atoms with Gasteiger partial charge in [0.25, 0.3) is 0 Å². The lowest BCUT2D eigenvalue weighted by molar-refractivity contribution is 0.922. The molecule has 0 aromatic heterocycles. The predicted octanol–water partition coefficient (Wildman–Crippen LogP) is 2.53. The van der Waals surface area contributed by atoms with Crippen LogP contribution < -0.4 is 0 Å². The van der Waals surface area contributed by atoms with Crippen molar-refractivity contribution in [3.05, 3.63) is 0 Å². The molecule has 0 bridgehead atoms. The van der Waals surface area contributed by atoms with Gasteiger partial charge in [0.1, 0.15) is 3.53 Å². The third-order valence-corrected chi connectivity index (χ3v) is 3.83. The maximum atomic E-state index is 5.01. The molecule has 1 heterocycles. The lowest BCUT2D eigenvalue weighted by Gasteiger charge is -2.15. The highest BCUT2D eigenvalue weighted by molar-refractivity contribution is 8.47. The van der Waals surface area contributed by atoms with E-state index in [1.165, 1.54) is 12.2 Å². The number of thioether (sulfide) groups is 2. The van der Waals surface area contributed by atoms with Gasteiger partial charge in [-0.15, -0.1) is 23.5 Å². The summed E-state index contributed by atoms with van der Waals surface area (Å²) in [5.41, 5.74) is 0. The molecule has 1 fully saturated rings. The molecule has 0 saturated carbocycles. The molecule has 0 nitrogen and oxygen atoms in total. The normalized spacial score (nSPS) is 30.6. The van der Waals surface area contributed by atoms with Crippen molar-refractivity contribution < 1.29 is 0 Å². The molecule has 8 heavy (non-hydrogen) atoms. The molecule has 1 rings (SSSR count). The SMILES string of the molecule is CC1CCSC(=S)S1. The van der Waals surface area contributed by atoms with E-state index in [-0.39, 0.29) is 0 Å². The summed E-state index contributed by atoms with van der Waals surface area (Å²) in [7, 11) is 0. The minimum absolute atomic E-state index is 0.767. The van der Waals surface area contributed by atoms with Crippen LogP contribution in [-0.2, 0) is 0 Å². The van der Waals surface area contributed by atoms with Gasteiger partial charge in [0.15, 0.2) is 0 Å². The van der Waals surface area contributed by atoms with Gasteiger partial charge in [-0.25, -0.2) is 0 Å². The van der Waals surface area contributed by atoms with Crippen LogP contribution in [0.3, 0.4) is 0 Å². The highest BCUT2D eigenvalue weighted by Crippen LogP contribution is 2.30. The van der Waals surface area contributed by atoms with E-state index in [9.17, 15) is 0 Å². The minimum atomic E-state index is 0.767. The molecule has 0 aliphatic carbocycles. The molecule has 0 N–H and O–H groups in total. The Morgan fingerprint density at radius 3 is 2.88 bits per heavy atom. The van der Waals surface area contributed by atoms with E-state index in [0.29, 0.717) is 0 Å². The number of thiocarbonyl (C=S) groups is 1. The lowest BCUT2D eigenvalue weighted by Crippen LogP contribution is -2.06. The summed E-state index contributed by atoms with van der Waals surface area (Å²) in [6.07, 6.45) is 1.31. The quantitative estimate of drug-likeness (QED) is 0.505. The fraction of sp³-hybridized carbons (Fsp3) is 0.800. The summed E-state index contributed by atoms with van der Waals surface area (Å²) in [6, 6.07) is 0. The van der Waals surface area contributed by atoms with E-state index in [0.717, 1.165) is 8.78 Å². The smallest absolute Gasteiger partial charge is 0.104 e. The molecule has 0 radical (unpaired) electrons. The topological polar surface area (TPSA) is 0 Å². The van der Waals surface area contributed by atoms with Crippen LogP contribution in [0.2, 0.25) is 0 Å². The molecular formula is C5H8S3. The average molecular weight is 164 g/mol. The first-order valence-corrected chi connectivity index (χ1v) is 4.90. The first kappa shape index (κ1) is 6.90. The van der Waals surface area contributed by atoms with Crippen molar-refractivity contribution in [2.24, 2.45) is 0 Å². The van der Waals surface area contributed by atoms with Crippen LogP contribution in [-0.4, -0.2) is 14.5 Å². The van der Waals surface area contributed by atoms with Crippen molar-refractivity contribution in [2.45, 2.75) is 18.6 Å². The van der Waals surface area contributed by atoms with Gasteiger partial charge in [0.05, 0.1) is 0 Å². The Hall–Kier alpha value is 0.790. The average Bonchev–Trinajstić information content (AvgIpc) is 1.64. The number of hydrogen-bond acceptors (Lipinski definition) is 3. The van der Waals surface area contributed by atoms with Gasteiger partial charge < -0.3 is 0 Å². The van der Waals surface area contributed by atoms with Crippen molar-refractivity contribution in [2.75, 3.05) is 5.75 Å². The van der Waals surface area contributed by atoms with Crippen LogP contribution in [0, 0.1) is 0 Å². The Morgan fingerprint density at radius 1 is 1.75 bits per heavy atom. The second kappa shape index (κ2) is 3.08. The van der Waals surface area contributed by atoms with Crippen molar-refractivity contribution >= 4 is 39.3 Å². The van der Waals surface area contributed by atoms with Crippen LogP contribution in [0.5, 0.6) is 0 Å². The molecule has 3 heteroatoms. The lowest BCUT2D eigenvalue weighted by atomic mass is 10.4. The van der Waals surface area contributed by atoms with Crippen LogP contribution in [0.15, 0.2) is 0 Å². The zero-order valence-electron chi connectivity index (χ0n) is 4.72. The van der Waals surface area contributed by atoms with Crippen LogP contribution >= 0.6 is 35.7 Å². The summed E-state index contributed by atoms with van der Waals surface area (Å²) < 4.78 is 1.13. The van der Waals surface area contributed by atoms with E-state index < -0.39 is 0 Å². The van der Waals surface area contributed by atoms with Gasteiger partial charge in [-0.05, 0) is 6.42 Å². The van der Waals surface area contributed by atoms with E-state index in [4.69, 9.17) is 12.2 Å². The molecule has 46 valence electrons. The van der Waals surface area contributed by atoms with E-state index in [1.54, 1.807) is 0 Å². The van der Waals surface area contributed by atoms with Gasteiger partial charge in [-0.2, -0.15) is 0 Å². The number of rotatable bonds is 0. The van der Waals surface area contributed by atoms with E-state index in [2.05, 4.69) is 6.92 Å². The highest BCUT2D eigenvalue weighted by Gasteiger charge is 2.12. The molecule has 1 saturated heterocycles. The van der Waals surface area contributed by atoms with Crippen molar-refractivity contribution in [1.29, 1.82) is 0 Å². The van der Waals surface area contributed by atoms with Crippen molar-refractivity contribution in [1.82, 2.24) is 0 Å². The Balaban J connectivity index is 2.34. The van der Waals surface area contributed by atoms with Crippen LogP contribution in [0.25, 0.3) is 0 Å². The van der Waals surface area contributed by atoms with Crippen molar-refractivity contribution in [3.63, 3.8) is 0 Å². The Kier molecular flexibility index (Phi) is 2.66. The standard InChI is InChI=1S/C5H8S3/c1-4-2-3-7-5(6)8-4/h4H,2-3H2,1H3. The monoisotopic (exact) mass is 164 g/mol. The van der Waals surface area contributed by atoms with Gasteiger partial charge in [-0.3, -0.25) is 0 Å². The van der Waals surface area contributed by atoms with Crippen molar-refractivity contribution in [3.8, 4) is 0 Å². The third kappa shape index (κ3) is 1.96. The second-order valence-corrected chi connectivity index (χ2v) is 5.55. The molecular weight excluding hydrogens is 156 g/mol. The summed E-state index contributed by atoms with van der Waals surface area (Å²) >= 11 is 8.66. The Morgan fingerprint density at radius 2 is 2.50 bits per heavy atom. The summed E-state index contributed by atoms with van der Waals surface area (Å²) in [5.74, 6) is 1.23. The Labute approximate surface area is 63.8 Å².